The molecule has 1 fully saturated rings. The molecule has 0 aliphatic carbocycles. The Labute approximate surface area is 192 Å². The smallest absolute Gasteiger partial charge is 0.251 e. The summed E-state index contributed by atoms with van der Waals surface area (Å²) in [6.07, 6.45) is 0.224. The number of aryl methyl sites for hydroxylation is 1. The van der Waals surface area contributed by atoms with Crippen molar-refractivity contribution in [1.82, 2.24) is 30.1 Å². The number of aromatic nitrogens is 6. The van der Waals surface area contributed by atoms with Gasteiger partial charge < -0.3 is 20.3 Å². The second kappa shape index (κ2) is 9.75. The molecule has 1 atom stereocenters. The van der Waals surface area contributed by atoms with Gasteiger partial charge in [-0.3, -0.25) is 10.1 Å². The molecule has 0 aromatic carbocycles. The fraction of sp³-hybridized carbons (Fsp3) is 0.450. The average molecular weight is 481 g/mol. The summed E-state index contributed by atoms with van der Waals surface area (Å²) in [5, 5.41) is 12.7. The van der Waals surface area contributed by atoms with Crippen LogP contribution in [-0.4, -0.2) is 62.9 Å². The van der Waals surface area contributed by atoms with Gasteiger partial charge >= 0.3 is 0 Å². The Morgan fingerprint density at radius 3 is 2.53 bits per heavy atom. The molecule has 3 aromatic heterocycles. The molecule has 0 spiro atoms. The molecule has 0 amide bonds. The molecule has 0 bridgehead atoms. The number of nitrogens with zero attached hydrogens (tertiary/aromatic N) is 6. The zero-order valence-corrected chi connectivity index (χ0v) is 18.4. The number of alkyl halides is 2. The molecule has 1 saturated heterocycles. The molecule has 0 saturated carbocycles. The first-order valence-corrected chi connectivity index (χ1v) is 10.5. The Morgan fingerprint density at radius 1 is 1.15 bits per heavy atom. The fourth-order valence-corrected chi connectivity index (χ4v) is 3.45. The van der Waals surface area contributed by atoms with Gasteiger partial charge in [-0.15, -0.1) is 0 Å². The normalized spacial score (nSPS) is 16.4. The fourth-order valence-electron chi connectivity index (χ4n) is 3.45. The summed E-state index contributed by atoms with van der Waals surface area (Å²) < 4.78 is 60.2. The van der Waals surface area contributed by atoms with Crippen molar-refractivity contribution in [2.45, 2.75) is 31.7 Å². The molecule has 14 heteroatoms. The van der Waals surface area contributed by atoms with E-state index in [-0.39, 0.29) is 56.1 Å². The number of halogens is 4. The molecule has 4 rings (SSSR count). The highest BCUT2D eigenvalue weighted by Crippen LogP contribution is 2.30. The predicted octanol–water partition coefficient (Wildman–Crippen LogP) is 3.36. The lowest BCUT2D eigenvalue weighted by molar-refractivity contribution is -0.0222. The minimum atomic E-state index is -2.74. The standard InChI is InChI=1S/C20H23F4N9O/c1-11-7-15(32-31-11)27-18-28-17(29-19(30-18)33-5-3-20(23,24)4-6-33)26-14(10-34-2)16-13(22)8-12(21)9-25-16/h7-9,14H,3-6,10H2,1-2H3,(H3,26,27,28,29,30,31,32)/t14-/m0/s1. The summed E-state index contributed by atoms with van der Waals surface area (Å²) in [5.74, 6) is -3.72. The van der Waals surface area contributed by atoms with Crippen molar-refractivity contribution >= 4 is 23.7 Å². The summed E-state index contributed by atoms with van der Waals surface area (Å²) in [7, 11) is 1.41. The molecule has 34 heavy (non-hydrogen) atoms. The first kappa shape index (κ1) is 23.6. The summed E-state index contributed by atoms with van der Waals surface area (Å²) >= 11 is 0. The van der Waals surface area contributed by atoms with Gasteiger partial charge in [0.1, 0.15) is 17.3 Å². The van der Waals surface area contributed by atoms with Crippen LogP contribution in [0.15, 0.2) is 18.3 Å². The maximum atomic E-state index is 14.4. The Hall–Kier alpha value is -3.55. The maximum absolute atomic E-state index is 14.4. The second-order valence-electron chi connectivity index (χ2n) is 7.86. The van der Waals surface area contributed by atoms with Gasteiger partial charge in [-0.1, -0.05) is 0 Å². The van der Waals surface area contributed by atoms with Crippen LogP contribution in [0.3, 0.4) is 0 Å². The number of nitrogens with one attached hydrogen (secondary N) is 3. The third-order valence-corrected chi connectivity index (χ3v) is 5.15. The SMILES string of the molecule is COC[C@H](Nc1nc(Nc2cc(C)[nH]n2)nc(N2CCC(F)(F)CC2)n1)c1ncc(F)cc1F. The van der Waals surface area contributed by atoms with E-state index in [0.717, 1.165) is 11.9 Å². The van der Waals surface area contributed by atoms with E-state index in [1.807, 2.05) is 6.92 Å². The third kappa shape index (κ3) is 5.68. The number of hydrogen-bond acceptors (Lipinski definition) is 9. The highest BCUT2D eigenvalue weighted by molar-refractivity contribution is 5.53. The Bertz CT molecular complexity index is 1130. The molecule has 1 aliphatic rings. The van der Waals surface area contributed by atoms with Gasteiger partial charge in [0.2, 0.25) is 17.8 Å². The van der Waals surface area contributed by atoms with E-state index in [1.54, 1.807) is 11.0 Å². The van der Waals surface area contributed by atoms with Gasteiger partial charge in [0.05, 0.1) is 18.8 Å². The molecule has 4 heterocycles. The van der Waals surface area contributed by atoms with Gasteiger partial charge in [0, 0.05) is 50.9 Å². The topological polar surface area (TPSA) is 117 Å². The lowest BCUT2D eigenvalue weighted by atomic mass is 10.1. The van der Waals surface area contributed by atoms with E-state index < -0.39 is 23.6 Å². The molecule has 0 radical (unpaired) electrons. The Kier molecular flexibility index (Phi) is 6.77. The van der Waals surface area contributed by atoms with Crippen LogP contribution in [0.25, 0.3) is 0 Å². The van der Waals surface area contributed by atoms with Crippen LogP contribution in [0.1, 0.15) is 30.3 Å². The zero-order valence-electron chi connectivity index (χ0n) is 18.4. The van der Waals surface area contributed by atoms with Gasteiger partial charge in [-0.05, 0) is 6.92 Å². The van der Waals surface area contributed by atoms with Gasteiger partial charge in [0.15, 0.2) is 5.82 Å². The average Bonchev–Trinajstić information content (AvgIpc) is 3.18. The molecule has 3 aromatic rings. The van der Waals surface area contributed by atoms with Crippen LogP contribution >= 0.6 is 0 Å². The van der Waals surface area contributed by atoms with E-state index in [9.17, 15) is 17.6 Å². The highest BCUT2D eigenvalue weighted by Gasteiger charge is 2.35. The summed E-state index contributed by atoms with van der Waals surface area (Å²) in [5.41, 5.74) is 0.701. The summed E-state index contributed by atoms with van der Waals surface area (Å²) in [6, 6.07) is 1.57. The van der Waals surface area contributed by atoms with Crippen molar-refractivity contribution in [3.05, 3.63) is 41.4 Å². The third-order valence-electron chi connectivity index (χ3n) is 5.15. The quantitative estimate of drug-likeness (QED) is 0.417. The van der Waals surface area contributed by atoms with Crippen molar-refractivity contribution in [3.8, 4) is 0 Å². The number of hydrogen-bond donors (Lipinski definition) is 3. The lowest BCUT2D eigenvalue weighted by Gasteiger charge is -2.32. The first-order chi connectivity index (χ1) is 16.2. The monoisotopic (exact) mass is 481 g/mol. The van der Waals surface area contributed by atoms with Gasteiger partial charge in [-0.25, -0.2) is 17.6 Å². The van der Waals surface area contributed by atoms with Crippen molar-refractivity contribution in [1.29, 1.82) is 0 Å². The minimum Gasteiger partial charge on any atom is -0.382 e. The van der Waals surface area contributed by atoms with Crippen LogP contribution < -0.4 is 15.5 Å². The minimum absolute atomic E-state index is 0.0182. The number of H-pyrrole nitrogens is 1. The van der Waals surface area contributed by atoms with Crippen molar-refractivity contribution in [3.63, 3.8) is 0 Å². The predicted molar refractivity (Wildman–Crippen MR) is 115 cm³/mol. The number of pyridine rings is 1. The number of ether oxygens (including phenoxy) is 1. The van der Waals surface area contributed by atoms with Crippen molar-refractivity contribution in [2.24, 2.45) is 0 Å². The van der Waals surface area contributed by atoms with E-state index >= 15 is 0 Å². The molecular formula is C20H23F4N9O. The largest absolute Gasteiger partial charge is 0.382 e. The number of anilines is 4. The van der Waals surface area contributed by atoms with Crippen LogP contribution in [-0.2, 0) is 4.74 Å². The van der Waals surface area contributed by atoms with Crippen LogP contribution in [0.4, 0.5) is 41.2 Å². The van der Waals surface area contributed by atoms with E-state index in [1.165, 1.54) is 7.11 Å². The van der Waals surface area contributed by atoms with Crippen molar-refractivity contribution in [2.75, 3.05) is 42.3 Å². The highest BCUT2D eigenvalue weighted by atomic mass is 19.3. The van der Waals surface area contributed by atoms with Crippen LogP contribution in [0, 0.1) is 18.6 Å². The molecule has 0 unspecified atom stereocenters. The van der Waals surface area contributed by atoms with Crippen molar-refractivity contribution < 1.29 is 22.3 Å². The summed E-state index contributed by atoms with van der Waals surface area (Å²) in [4.78, 5) is 18.4. The van der Waals surface area contributed by atoms with E-state index in [2.05, 4.69) is 40.8 Å². The van der Waals surface area contributed by atoms with E-state index in [0.29, 0.717) is 11.9 Å². The molecule has 182 valence electrons. The molecular weight excluding hydrogens is 458 g/mol. The zero-order chi connectivity index (χ0) is 24.3. The van der Waals surface area contributed by atoms with E-state index in [4.69, 9.17) is 4.74 Å². The maximum Gasteiger partial charge on any atom is 0.251 e. The molecule has 1 aliphatic heterocycles. The van der Waals surface area contributed by atoms with Gasteiger partial charge in [-0.2, -0.15) is 20.1 Å². The molecule has 3 N–H and O–H groups in total. The molecule has 10 nitrogen and oxygen atoms in total. The number of rotatable bonds is 8. The Morgan fingerprint density at radius 2 is 1.88 bits per heavy atom. The summed E-state index contributed by atoms with van der Waals surface area (Å²) in [6.45, 7) is 1.88. The number of methoxy groups -OCH3 is 1. The van der Waals surface area contributed by atoms with Crippen LogP contribution in [0.2, 0.25) is 0 Å². The first-order valence-electron chi connectivity index (χ1n) is 10.5. The van der Waals surface area contributed by atoms with Crippen LogP contribution in [0.5, 0.6) is 0 Å². The Balaban J connectivity index is 1.65. The number of piperidine rings is 1. The number of aromatic amines is 1. The van der Waals surface area contributed by atoms with Gasteiger partial charge in [0.25, 0.3) is 5.92 Å². The second-order valence-corrected chi connectivity index (χ2v) is 7.86. The lowest BCUT2D eigenvalue weighted by Crippen LogP contribution is -2.40.